The normalized spacial score (nSPS) is 18.7. The predicted molar refractivity (Wildman–Crippen MR) is 104 cm³/mol. The fraction of sp³-hybridized carbons (Fsp3) is 0.333. The Kier molecular flexibility index (Phi) is 6.43. The number of carbonyl (C=O) groups is 2. The van der Waals surface area contributed by atoms with E-state index < -0.39 is 23.1 Å². The van der Waals surface area contributed by atoms with E-state index in [-0.39, 0.29) is 30.4 Å². The van der Waals surface area contributed by atoms with Gasteiger partial charge in [-0.25, -0.2) is 9.59 Å². The zero-order valence-electron chi connectivity index (χ0n) is 16.0. The highest BCUT2D eigenvalue weighted by Gasteiger charge is 2.32. The predicted octanol–water partition coefficient (Wildman–Crippen LogP) is 3.94. The van der Waals surface area contributed by atoms with Crippen molar-refractivity contribution in [2.45, 2.75) is 38.5 Å². The molecule has 1 fully saturated rings. The maximum atomic E-state index is 12.5. The smallest absolute Gasteiger partial charge is 0.410 e. The Bertz CT molecular complexity index is 868. The lowest BCUT2D eigenvalue weighted by Gasteiger charge is -2.36. The van der Waals surface area contributed by atoms with Crippen LogP contribution in [0, 0.1) is 10.1 Å². The van der Waals surface area contributed by atoms with Crippen LogP contribution in [0.4, 0.5) is 10.5 Å². The Morgan fingerprint density at radius 2 is 1.79 bits per heavy atom. The van der Waals surface area contributed by atoms with Crippen molar-refractivity contribution in [1.82, 2.24) is 4.90 Å². The van der Waals surface area contributed by atoms with Crippen LogP contribution >= 0.6 is 0 Å². The van der Waals surface area contributed by atoms with Gasteiger partial charge in [0.25, 0.3) is 5.69 Å². The summed E-state index contributed by atoms with van der Waals surface area (Å²) in [6.07, 6.45) is 0.400. The molecule has 8 heteroatoms. The van der Waals surface area contributed by atoms with Crippen molar-refractivity contribution in [3.63, 3.8) is 0 Å². The first-order chi connectivity index (χ1) is 13.9. The minimum atomic E-state index is -0.572. The number of likely N-dealkylation sites (tertiary alicyclic amines) is 1. The Hall–Kier alpha value is -3.42. The van der Waals surface area contributed by atoms with Gasteiger partial charge in [0.2, 0.25) is 0 Å². The summed E-state index contributed by atoms with van der Waals surface area (Å²) in [5, 5.41) is 10.7. The number of piperidine rings is 1. The maximum absolute atomic E-state index is 12.5. The van der Waals surface area contributed by atoms with Gasteiger partial charge in [0.1, 0.15) is 12.7 Å². The van der Waals surface area contributed by atoms with Crippen LogP contribution in [0.1, 0.15) is 35.7 Å². The number of amides is 1. The molecule has 8 nitrogen and oxygen atoms in total. The van der Waals surface area contributed by atoms with E-state index in [1.807, 2.05) is 37.3 Å². The Morgan fingerprint density at radius 1 is 1.10 bits per heavy atom. The molecule has 152 valence electrons. The molecule has 1 unspecified atom stereocenters. The number of nitrogens with zero attached hydrogens (tertiary/aromatic N) is 2. The van der Waals surface area contributed by atoms with Gasteiger partial charge in [-0.1, -0.05) is 30.3 Å². The molecular formula is C21H22N2O6. The number of carbonyl (C=O) groups excluding carboxylic acids is 2. The molecule has 1 saturated heterocycles. The lowest BCUT2D eigenvalue weighted by molar-refractivity contribution is -0.384. The number of hydrogen-bond acceptors (Lipinski definition) is 6. The van der Waals surface area contributed by atoms with E-state index >= 15 is 0 Å². The molecule has 1 amide bonds. The van der Waals surface area contributed by atoms with E-state index in [1.165, 1.54) is 24.3 Å². The van der Waals surface area contributed by atoms with Crippen molar-refractivity contribution in [3.05, 3.63) is 75.8 Å². The summed E-state index contributed by atoms with van der Waals surface area (Å²) in [7, 11) is 0. The van der Waals surface area contributed by atoms with E-state index in [1.54, 1.807) is 4.90 Å². The van der Waals surface area contributed by atoms with Crippen LogP contribution in [0.2, 0.25) is 0 Å². The van der Waals surface area contributed by atoms with Crippen molar-refractivity contribution in [2.75, 3.05) is 6.54 Å². The van der Waals surface area contributed by atoms with Gasteiger partial charge in [0.05, 0.1) is 17.0 Å². The van der Waals surface area contributed by atoms with E-state index in [9.17, 15) is 19.7 Å². The average molecular weight is 398 g/mol. The summed E-state index contributed by atoms with van der Waals surface area (Å²) in [4.78, 5) is 36.6. The summed E-state index contributed by atoms with van der Waals surface area (Å²) in [5.74, 6) is -0.572. The summed E-state index contributed by atoms with van der Waals surface area (Å²) < 4.78 is 10.9. The maximum Gasteiger partial charge on any atom is 0.410 e. The highest BCUT2D eigenvalue weighted by molar-refractivity contribution is 5.89. The lowest BCUT2D eigenvalue weighted by atomic mass is 10.0. The number of esters is 1. The molecule has 29 heavy (non-hydrogen) atoms. The first-order valence-corrected chi connectivity index (χ1v) is 9.37. The van der Waals surface area contributed by atoms with Gasteiger partial charge in [0.15, 0.2) is 0 Å². The van der Waals surface area contributed by atoms with Gasteiger partial charge in [-0.3, -0.25) is 10.1 Å². The van der Waals surface area contributed by atoms with Gasteiger partial charge in [-0.15, -0.1) is 0 Å². The third-order valence-electron chi connectivity index (χ3n) is 4.87. The molecule has 0 aliphatic carbocycles. The summed E-state index contributed by atoms with van der Waals surface area (Å²) in [5.41, 5.74) is 1.03. The van der Waals surface area contributed by atoms with E-state index in [4.69, 9.17) is 9.47 Å². The Morgan fingerprint density at radius 3 is 2.45 bits per heavy atom. The number of benzene rings is 2. The molecule has 0 radical (unpaired) electrons. The fourth-order valence-electron chi connectivity index (χ4n) is 3.17. The molecule has 3 rings (SSSR count). The van der Waals surface area contributed by atoms with Crippen LogP contribution in [0.5, 0.6) is 0 Å². The Labute approximate surface area is 168 Å². The van der Waals surface area contributed by atoms with Crippen LogP contribution in [-0.4, -0.2) is 40.6 Å². The van der Waals surface area contributed by atoms with Gasteiger partial charge >= 0.3 is 12.1 Å². The topological polar surface area (TPSA) is 99.0 Å². The standard InChI is InChI=1S/C21H22N2O6/c1-15-7-12-19(29-20(24)17-8-10-18(11-9-17)23(26)27)13-22(15)21(25)28-14-16-5-3-2-4-6-16/h2-6,8-11,15,19H,7,12-14H2,1H3/t15-,19?/m1/s1. The zero-order valence-corrected chi connectivity index (χ0v) is 16.0. The lowest BCUT2D eigenvalue weighted by Crippen LogP contribution is -2.48. The van der Waals surface area contributed by atoms with E-state index in [0.29, 0.717) is 12.8 Å². The minimum absolute atomic E-state index is 0.0207. The first-order valence-electron chi connectivity index (χ1n) is 9.37. The molecule has 2 atom stereocenters. The Balaban J connectivity index is 1.56. The van der Waals surface area contributed by atoms with Crippen molar-refractivity contribution in [1.29, 1.82) is 0 Å². The second kappa shape index (κ2) is 9.18. The summed E-state index contributed by atoms with van der Waals surface area (Å²) >= 11 is 0. The third kappa shape index (κ3) is 5.31. The van der Waals surface area contributed by atoms with Crippen LogP contribution in [0.15, 0.2) is 54.6 Å². The quantitative estimate of drug-likeness (QED) is 0.430. The van der Waals surface area contributed by atoms with Crippen LogP contribution in [-0.2, 0) is 16.1 Å². The number of nitro benzene ring substituents is 1. The minimum Gasteiger partial charge on any atom is -0.457 e. The van der Waals surface area contributed by atoms with Crippen molar-refractivity contribution in [3.8, 4) is 0 Å². The second-order valence-electron chi connectivity index (χ2n) is 6.95. The second-order valence-corrected chi connectivity index (χ2v) is 6.95. The number of ether oxygens (including phenoxy) is 2. The molecule has 2 aromatic carbocycles. The number of non-ortho nitro benzene ring substituents is 1. The summed E-state index contributed by atoms with van der Waals surface area (Å²) in [6.45, 7) is 2.35. The third-order valence-corrected chi connectivity index (χ3v) is 4.87. The fourth-order valence-corrected chi connectivity index (χ4v) is 3.17. The molecule has 2 aromatic rings. The largest absolute Gasteiger partial charge is 0.457 e. The van der Waals surface area contributed by atoms with Crippen LogP contribution in [0.3, 0.4) is 0 Å². The first kappa shape index (κ1) is 20.3. The molecule has 0 saturated carbocycles. The van der Waals surface area contributed by atoms with Gasteiger partial charge < -0.3 is 14.4 Å². The molecule has 1 aliphatic rings. The van der Waals surface area contributed by atoms with E-state index in [2.05, 4.69) is 0 Å². The monoisotopic (exact) mass is 398 g/mol. The molecule has 0 spiro atoms. The van der Waals surface area contributed by atoms with Crippen molar-refractivity contribution in [2.24, 2.45) is 0 Å². The van der Waals surface area contributed by atoms with Gasteiger partial charge in [-0.05, 0) is 37.5 Å². The SMILES string of the molecule is C[C@@H]1CCC(OC(=O)c2ccc([N+](=O)[O-])cc2)CN1C(=O)OCc1ccccc1. The number of nitro groups is 1. The van der Waals surface area contributed by atoms with Gasteiger partial charge in [0, 0.05) is 18.2 Å². The highest BCUT2D eigenvalue weighted by atomic mass is 16.6. The van der Waals surface area contributed by atoms with Crippen molar-refractivity contribution < 1.29 is 24.0 Å². The van der Waals surface area contributed by atoms with E-state index in [0.717, 1.165) is 5.56 Å². The molecule has 1 aliphatic heterocycles. The molecule has 0 N–H and O–H groups in total. The number of rotatable bonds is 5. The highest BCUT2D eigenvalue weighted by Crippen LogP contribution is 2.22. The molecule has 0 aromatic heterocycles. The zero-order chi connectivity index (χ0) is 20.8. The average Bonchev–Trinajstić information content (AvgIpc) is 2.74. The molecule has 1 heterocycles. The number of hydrogen-bond donors (Lipinski definition) is 0. The molecule has 0 bridgehead atoms. The molecular weight excluding hydrogens is 376 g/mol. The van der Waals surface area contributed by atoms with Gasteiger partial charge in [-0.2, -0.15) is 0 Å². The van der Waals surface area contributed by atoms with Crippen LogP contribution in [0.25, 0.3) is 0 Å². The van der Waals surface area contributed by atoms with Crippen molar-refractivity contribution >= 4 is 17.7 Å². The van der Waals surface area contributed by atoms with Crippen LogP contribution < -0.4 is 0 Å². The summed E-state index contributed by atoms with van der Waals surface area (Å²) in [6, 6.07) is 14.6.